The maximum absolute atomic E-state index is 3.85. The fraction of sp³-hybridized carbons (Fsp3) is 0.600. The molecule has 0 aromatic heterocycles. The quantitative estimate of drug-likeness (QED) is 0.486. The van der Waals surface area contributed by atoms with Crippen molar-refractivity contribution < 1.29 is 0 Å². The summed E-state index contributed by atoms with van der Waals surface area (Å²) in [5.74, 6) is 7.06. The van der Waals surface area contributed by atoms with Gasteiger partial charge in [-0.25, -0.2) is 0 Å². The first-order chi connectivity index (χ1) is 4.54. The van der Waals surface area contributed by atoms with E-state index in [1.165, 1.54) is 0 Å². The van der Waals surface area contributed by atoms with E-state index in [9.17, 15) is 0 Å². The molecule has 0 aliphatic rings. The third-order valence-electron chi connectivity index (χ3n) is 1.22. The van der Waals surface area contributed by atoms with Crippen LogP contribution >= 0.6 is 0 Å². The second-order valence-corrected chi connectivity index (χ2v) is 3.10. The van der Waals surface area contributed by atoms with E-state index in [4.69, 9.17) is 0 Å². The van der Waals surface area contributed by atoms with Gasteiger partial charge in [-0.2, -0.15) is 0 Å². The van der Waals surface area contributed by atoms with Gasteiger partial charge in [-0.1, -0.05) is 46.1 Å². The van der Waals surface area contributed by atoms with Gasteiger partial charge in [0.2, 0.25) is 0 Å². The average molecular weight is 136 g/mol. The molecule has 56 valence electrons. The van der Waals surface area contributed by atoms with Crippen molar-refractivity contribution in [2.75, 3.05) is 0 Å². The Bertz CT molecular complexity index is 162. The lowest BCUT2D eigenvalue weighted by Crippen LogP contribution is -1.88. The fourth-order valence-electron chi connectivity index (χ4n) is 0.381. The van der Waals surface area contributed by atoms with Crippen molar-refractivity contribution in [1.29, 1.82) is 0 Å². The molecule has 0 saturated carbocycles. The molecular weight excluding hydrogens is 120 g/mol. The number of hydrogen-bond acceptors (Lipinski definition) is 0. The Morgan fingerprint density at radius 3 is 2.00 bits per heavy atom. The Balaban J connectivity index is 3.93. The largest absolute Gasteiger partial charge is 0.0954 e. The first-order valence-electron chi connectivity index (χ1n) is 3.74. The van der Waals surface area contributed by atoms with Gasteiger partial charge in [0.05, 0.1) is 0 Å². The lowest BCUT2D eigenvalue weighted by Gasteiger charge is -1.99. The van der Waals surface area contributed by atoms with E-state index in [1.54, 1.807) is 0 Å². The van der Waals surface area contributed by atoms with E-state index in [0.29, 0.717) is 11.8 Å². The SMILES string of the molecule is C=C(C#CC(C)C)C(C)C. The lowest BCUT2D eigenvalue weighted by molar-refractivity contribution is 0.799. The zero-order chi connectivity index (χ0) is 8.15. The molecule has 0 aromatic carbocycles. The van der Waals surface area contributed by atoms with Crippen molar-refractivity contribution in [3.63, 3.8) is 0 Å². The highest BCUT2D eigenvalue weighted by Gasteiger charge is 1.93. The molecule has 0 heterocycles. The highest BCUT2D eigenvalue weighted by atomic mass is 14.0. The van der Waals surface area contributed by atoms with Gasteiger partial charge >= 0.3 is 0 Å². The predicted octanol–water partition coefficient (Wildman–Crippen LogP) is 2.86. The Hall–Kier alpha value is -0.700. The summed E-state index contributed by atoms with van der Waals surface area (Å²) >= 11 is 0. The summed E-state index contributed by atoms with van der Waals surface area (Å²) in [4.78, 5) is 0. The molecule has 0 rings (SSSR count). The van der Waals surface area contributed by atoms with Gasteiger partial charge in [0, 0.05) is 5.92 Å². The van der Waals surface area contributed by atoms with Crippen LogP contribution in [0, 0.1) is 23.7 Å². The van der Waals surface area contributed by atoms with Gasteiger partial charge in [0.25, 0.3) is 0 Å². The van der Waals surface area contributed by atoms with Crippen molar-refractivity contribution >= 4 is 0 Å². The van der Waals surface area contributed by atoms with Crippen LogP contribution in [-0.4, -0.2) is 0 Å². The minimum Gasteiger partial charge on any atom is -0.0954 e. The molecule has 0 radical (unpaired) electrons. The Labute approximate surface area is 64.3 Å². The van der Waals surface area contributed by atoms with Gasteiger partial charge in [0.15, 0.2) is 0 Å². The molecule has 0 saturated heterocycles. The zero-order valence-corrected chi connectivity index (χ0v) is 7.36. The molecule has 0 unspecified atom stereocenters. The molecule has 0 nitrogen and oxygen atoms in total. The standard InChI is InChI=1S/C10H16/c1-8(2)6-7-10(5)9(3)4/h8-9H,5H2,1-4H3. The third-order valence-corrected chi connectivity index (χ3v) is 1.22. The maximum Gasteiger partial charge on any atom is 0.0149 e. The zero-order valence-electron chi connectivity index (χ0n) is 7.36. The monoisotopic (exact) mass is 136 g/mol. The predicted molar refractivity (Wildman–Crippen MR) is 46.6 cm³/mol. The Morgan fingerprint density at radius 2 is 1.70 bits per heavy atom. The number of rotatable bonds is 1. The number of allylic oxidation sites excluding steroid dienone is 1. The number of hydrogen-bond donors (Lipinski definition) is 0. The summed E-state index contributed by atoms with van der Waals surface area (Å²) in [5.41, 5.74) is 1.04. The fourth-order valence-corrected chi connectivity index (χ4v) is 0.381. The molecule has 0 spiro atoms. The molecule has 0 fully saturated rings. The lowest BCUT2D eigenvalue weighted by atomic mass is 10.1. The second-order valence-electron chi connectivity index (χ2n) is 3.10. The average Bonchev–Trinajstić information content (AvgIpc) is 1.82. The van der Waals surface area contributed by atoms with Crippen LogP contribution in [0.4, 0.5) is 0 Å². The summed E-state index contributed by atoms with van der Waals surface area (Å²) in [6.07, 6.45) is 0. The normalized spacial score (nSPS) is 9.40. The summed E-state index contributed by atoms with van der Waals surface area (Å²) in [6.45, 7) is 12.2. The Morgan fingerprint density at radius 1 is 1.20 bits per heavy atom. The van der Waals surface area contributed by atoms with E-state index in [2.05, 4.69) is 46.1 Å². The van der Waals surface area contributed by atoms with Crippen molar-refractivity contribution in [1.82, 2.24) is 0 Å². The maximum atomic E-state index is 3.85. The first kappa shape index (κ1) is 9.30. The molecule has 0 amide bonds. The minimum atomic E-state index is 0.454. The Kier molecular flexibility index (Phi) is 3.88. The highest BCUT2D eigenvalue weighted by molar-refractivity contribution is 5.27. The molecule has 0 bridgehead atoms. The van der Waals surface area contributed by atoms with Gasteiger partial charge in [-0.3, -0.25) is 0 Å². The molecule has 0 atom stereocenters. The van der Waals surface area contributed by atoms with Gasteiger partial charge in [0.1, 0.15) is 0 Å². The van der Waals surface area contributed by atoms with Crippen LogP contribution in [0.3, 0.4) is 0 Å². The first-order valence-corrected chi connectivity index (χ1v) is 3.74. The van der Waals surface area contributed by atoms with Crippen LogP contribution in [0.1, 0.15) is 27.7 Å². The van der Waals surface area contributed by atoms with E-state index >= 15 is 0 Å². The molecule has 0 N–H and O–H groups in total. The topological polar surface area (TPSA) is 0 Å². The van der Waals surface area contributed by atoms with Crippen LogP contribution < -0.4 is 0 Å². The van der Waals surface area contributed by atoms with Crippen molar-refractivity contribution in [2.24, 2.45) is 11.8 Å². The third kappa shape index (κ3) is 4.21. The smallest absolute Gasteiger partial charge is 0.0149 e. The molecule has 10 heavy (non-hydrogen) atoms. The highest BCUT2D eigenvalue weighted by Crippen LogP contribution is 2.04. The molecular formula is C10H16. The summed E-state index contributed by atoms with van der Waals surface area (Å²) in [5, 5.41) is 0. The van der Waals surface area contributed by atoms with Crippen molar-refractivity contribution in [3.05, 3.63) is 12.2 Å². The molecule has 0 aliphatic carbocycles. The second kappa shape index (κ2) is 4.17. The molecule has 0 aliphatic heterocycles. The van der Waals surface area contributed by atoms with Crippen LogP contribution in [0.2, 0.25) is 0 Å². The van der Waals surface area contributed by atoms with Gasteiger partial charge in [-0.05, 0) is 11.5 Å². The van der Waals surface area contributed by atoms with Crippen LogP contribution in [0.5, 0.6) is 0 Å². The summed E-state index contributed by atoms with van der Waals surface area (Å²) < 4.78 is 0. The van der Waals surface area contributed by atoms with E-state index in [1.807, 2.05) is 0 Å². The van der Waals surface area contributed by atoms with Gasteiger partial charge in [-0.15, -0.1) is 0 Å². The van der Waals surface area contributed by atoms with Gasteiger partial charge < -0.3 is 0 Å². The van der Waals surface area contributed by atoms with Crippen LogP contribution in [-0.2, 0) is 0 Å². The molecule has 0 aromatic rings. The molecule has 0 heteroatoms. The van der Waals surface area contributed by atoms with Crippen LogP contribution in [0.15, 0.2) is 12.2 Å². The summed E-state index contributed by atoms with van der Waals surface area (Å²) in [7, 11) is 0. The van der Waals surface area contributed by atoms with E-state index in [0.717, 1.165) is 5.57 Å². The van der Waals surface area contributed by atoms with E-state index in [-0.39, 0.29) is 0 Å². The van der Waals surface area contributed by atoms with Crippen molar-refractivity contribution in [2.45, 2.75) is 27.7 Å². The van der Waals surface area contributed by atoms with Crippen molar-refractivity contribution in [3.8, 4) is 11.8 Å². The van der Waals surface area contributed by atoms with E-state index < -0.39 is 0 Å². The summed E-state index contributed by atoms with van der Waals surface area (Å²) in [6, 6.07) is 0. The minimum absolute atomic E-state index is 0.454. The van der Waals surface area contributed by atoms with Crippen LogP contribution in [0.25, 0.3) is 0 Å².